The number of hydrogen-bond donors (Lipinski definition) is 2. The Labute approximate surface area is 177 Å². The van der Waals surface area contributed by atoms with Crippen LogP contribution in [-0.2, 0) is 14.8 Å². The first-order chi connectivity index (χ1) is 14.2. The largest absolute Gasteiger partial charge is 0.481 e. The molecular formula is C23H24N2O4S. The molecule has 156 valence electrons. The highest BCUT2D eigenvalue weighted by Crippen LogP contribution is 2.21. The minimum atomic E-state index is -3.74. The molecular weight excluding hydrogens is 400 g/mol. The maximum atomic E-state index is 12.7. The third kappa shape index (κ3) is 5.61. The van der Waals surface area contributed by atoms with Crippen LogP contribution in [0.3, 0.4) is 0 Å². The van der Waals surface area contributed by atoms with E-state index < -0.39 is 16.1 Å². The summed E-state index contributed by atoms with van der Waals surface area (Å²) in [6, 6.07) is 20.5. The Morgan fingerprint density at radius 2 is 1.47 bits per heavy atom. The summed E-state index contributed by atoms with van der Waals surface area (Å²) in [6.45, 7) is 5.46. The van der Waals surface area contributed by atoms with Crippen LogP contribution in [0.1, 0.15) is 18.1 Å². The van der Waals surface area contributed by atoms with Crippen LogP contribution in [0.4, 0.5) is 11.4 Å². The van der Waals surface area contributed by atoms with Crippen molar-refractivity contribution in [2.24, 2.45) is 0 Å². The van der Waals surface area contributed by atoms with E-state index in [1.54, 1.807) is 43.3 Å². The first kappa shape index (κ1) is 21.4. The van der Waals surface area contributed by atoms with E-state index in [1.807, 2.05) is 38.1 Å². The fourth-order valence-corrected chi connectivity index (χ4v) is 4.01. The number of rotatable bonds is 7. The lowest BCUT2D eigenvalue weighted by molar-refractivity contribution is -0.122. The Morgan fingerprint density at radius 3 is 2.07 bits per heavy atom. The molecule has 0 saturated carbocycles. The Kier molecular flexibility index (Phi) is 6.42. The van der Waals surface area contributed by atoms with E-state index in [2.05, 4.69) is 10.0 Å². The van der Waals surface area contributed by atoms with Crippen LogP contribution in [0.15, 0.2) is 77.7 Å². The molecule has 0 aromatic heterocycles. The zero-order chi connectivity index (χ0) is 21.7. The number of amides is 1. The van der Waals surface area contributed by atoms with Crippen molar-refractivity contribution >= 4 is 27.3 Å². The Bertz CT molecular complexity index is 1110. The van der Waals surface area contributed by atoms with Gasteiger partial charge in [0, 0.05) is 11.4 Å². The molecule has 7 heteroatoms. The van der Waals surface area contributed by atoms with Crippen molar-refractivity contribution in [3.63, 3.8) is 0 Å². The van der Waals surface area contributed by atoms with Gasteiger partial charge in [-0.25, -0.2) is 8.42 Å². The lowest BCUT2D eigenvalue weighted by Crippen LogP contribution is -2.30. The molecule has 0 aliphatic rings. The van der Waals surface area contributed by atoms with Crippen molar-refractivity contribution < 1.29 is 17.9 Å². The van der Waals surface area contributed by atoms with Gasteiger partial charge in [0.05, 0.1) is 4.90 Å². The van der Waals surface area contributed by atoms with Gasteiger partial charge in [0.2, 0.25) is 0 Å². The van der Waals surface area contributed by atoms with Gasteiger partial charge in [-0.2, -0.15) is 0 Å². The minimum absolute atomic E-state index is 0.105. The topological polar surface area (TPSA) is 84.5 Å². The number of para-hydroxylation sites is 1. The van der Waals surface area contributed by atoms with Crippen molar-refractivity contribution in [1.82, 2.24) is 0 Å². The van der Waals surface area contributed by atoms with Crippen LogP contribution in [-0.4, -0.2) is 20.4 Å². The molecule has 0 saturated heterocycles. The number of ether oxygens (including phenoxy) is 1. The van der Waals surface area contributed by atoms with E-state index in [9.17, 15) is 13.2 Å². The van der Waals surface area contributed by atoms with Crippen molar-refractivity contribution in [1.29, 1.82) is 0 Å². The first-order valence-corrected chi connectivity index (χ1v) is 10.9. The van der Waals surface area contributed by atoms with E-state index in [-0.39, 0.29) is 10.8 Å². The highest BCUT2D eigenvalue weighted by atomic mass is 32.2. The molecule has 30 heavy (non-hydrogen) atoms. The van der Waals surface area contributed by atoms with E-state index in [4.69, 9.17) is 4.74 Å². The van der Waals surface area contributed by atoms with Gasteiger partial charge in [0.15, 0.2) is 6.10 Å². The standard InChI is InChI=1S/C23H24N2O4S/c1-16-13-17(2)15-20(14-16)25-30(27,28)22-11-9-19(10-12-22)24-23(26)18(3)29-21-7-5-4-6-8-21/h4-15,18,25H,1-3H3,(H,24,26). The molecule has 3 rings (SSSR count). The number of nitrogens with one attached hydrogen (secondary N) is 2. The molecule has 1 amide bonds. The molecule has 1 unspecified atom stereocenters. The third-order valence-electron chi connectivity index (χ3n) is 4.33. The quantitative estimate of drug-likeness (QED) is 0.584. The van der Waals surface area contributed by atoms with E-state index in [0.29, 0.717) is 17.1 Å². The number of aryl methyl sites for hydroxylation is 2. The average Bonchev–Trinajstić information content (AvgIpc) is 2.68. The molecule has 0 heterocycles. The predicted molar refractivity (Wildman–Crippen MR) is 118 cm³/mol. The van der Waals surface area contributed by atoms with Crippen LogP contribution in [0.2, 0.25) is 0 Å². The van der Waals surface area contributed by atoms with Crippen LogP contribution in [0.25, 0.3) is 0 Å². The fourth-order valence-electron chi connectivity index (χ4n) is 2.97. The van der Waals surface area contributed by atoms with E-state index in [1.165, 1.54) is 12.1 Å². The summed E-state index contributed by atoms with van der Waals surface area (Å²) in [7, 11) is -3.74. The van der Waals surface area contributed by atoms with Gasteiger partial charge in [-0.3, -0.25) is 9.52 Å². The van der Waals surface area contributed by atoms with Crippen LogP contribution >= 0.6 is 0 Å². The molecule has 0 bridgehead atoms. The van der Waals surface area contributed by atoms with Crippen molar-refractivity contribution in [2.75, 3.05) is 10.0 Å². The summed E-state index contributed by atoms with van der Waals surface area (Å²) in [4.78, 5) is 12.4. The van der Waals surface area contributed by atoms with Crippen LogP contribution < -0.4 is 14.8 Å². The third-order valence-corrected chi connectivity index (χ3v) is 5.73. The zero-order valence-electron chi connectivity index (χ0n) is 17.0. The molecule has 1 atom stereocenters. The SMILES string of the molecule is Cc1cc(C)cc(NS(=O)(=O)c2ccc(NC(=O)C(C)Oc3ccccc3)cc2)c1. The second-order valence-corrected chi connectivity index (χ2v) is 8.75. The van der Waals surface area contributed by atoms with Gasteiger partial charge in [0.1, 0.15) is 5.75 Å². The number of anilines is 2. The number of benzene rings is 3. The predicted octanol–water partition coefficient (Wildman–Crippen LogP) is 4.51. The molecule has 6 nitrogen and oxygen atoms in total. The van der Waals surface area contributed by atoms with Gasteiger partial charge in [0.25, 0.3) is 15.9 Å². The molecule has 2 N–H and O–H groups in total. The van der Waals surface area contributed by atoms with E-state index >= 15 is 0 Å². The summed E-state index contributed by atoms with van der Waals surface area (Å²) in [6.07, 6.45) is -0.706. The summed E-state index contributed by atoms with van der Waals surface area (Å²) in [5.74, 6) is 0.266. The minimum Gasteiger partial charge on any atom is -0.481 e. The molecule has 0 spiro atoms. The molecule has 0 fully saturated rings. The smallest absolute Gasteiger partial charge is 0.265 e. The van der Waals surface area contributed by atoms with Crippen LogP contribution in [0, 0.1) is 13.8 Å². The lowest BCUT2D eigenvalue weighted by atomic mass is 10.1. The van der Waals surface area contributed by atoms with Gasteiger partial charge in [-0.15, -0.1) is 0 Å². The Balaban J connectivity index is 1.65. The van der Waals surface area contributed by atoms with Crippen molar-refractivity contribution in [3.05, 3.63) is 83.9 Å². The number of hydrogen-bond acceptors (Lipinski definition) is 4. The van der Waals surface area contributed by atoms with Gasteiger partial charge in [-0.05, 0) is 80.4 Å². The lowest BCUT2D eigenvalue weighted by Gasteiger charge is -2.15. The van der Waals surface area contributed by atoms with Gasteiger partial charge in [-0.1, -0.05) is 24.3 Å². The summed E-state index contributed by atoms with van der Waals surface area (Å²) >= 11 is 0. The van der Waals surface area contributed by atoms with E-state index in [0.717, 1.165) is 11.1 Å². The van der Waals surface area contributed by atoms with Crippen molar-refractivity contribution in [3.8, 4) is 5.75 Å². The summed E-state index contributed by atoms with van der Waals surface area (Å²) in [5.41, 5.74) is 2.93. The number of carbonyl (C=O) groups is 1. The second kappa shape index (κ2) is 9.00. The number of carbonyl (C=O) groups excluding carboxylic acids is 1. The van der Waals surface area contributed by atoms with Crippen LogP contribution in [0.5, 0.6) is 5.75 Å². The average molecular weight is 425 g/mol. The molecule has 3 aromatic rings. The molecule has 0 aliphatic heterocycles. The maximum Gasteiger partial charge on any atom is 0.265 e. The fraction of sp³-hybridized carbons (Fsp3) is 0.174. The molecule has 0 aliphatic carbocycles. The van der Waals surface area contributed by atoms with Gasteiger partial charge < -0.3 is 10.1 Å². The Morgan fingerprint density at radius 1 is 0.867 bits per heavy atom. The van der Waals surface area contributed by atoms with Gasteiger partial charge >= 0.3 is 0 Å². The summed E-state index contributed by atoms with van der Waals surface area (Å²) in [5, 5.41) is 2.73. The number of sulfonamides is 1. The Hall–Kier alpha value is -3.32. The normalized spacial score (nSPS) is 12.1. The first-order valence-electron chi connectivity index (χ1n) is 9.47. The highest BCUT2D eigenvalue weighted by molar-refractivity contribution is 7.92. The van der Waals surface area contributed by atoms with Crippen molar-refractivity contribution in [2.45, 2.75) is 31.8 Å². The summed E-state index contributed by atoms with van der Waals surface area (Å²) < 4.78 is 33.5. The molecule has 0 radical (unpaired) electrons. The second-order valence-electron chi connectivity index (χ2n) is 7.07. The zero-order valence-corrected chi connectivity index (χ0v) is 17.9. The monoisotopic (exact) mass is 424 g/mol. The molecule has 3 aromatic carbocycles. The highest BCUT2D eigenvalue weighted by Gasteiger charge is 2.17. The maximum absolute atomic E-state index is 12.7.